The van der Waals surface area contributed by atoms with Crippen molar-refractivity contribution < 1.29 is 5.11 Å². The van der Waals surface area contributed by atoms with E-state index in [4.69, 9.17) is 11.6 Å². The van der Waals surface area contributed by atoms with E-state index in [0.717, 1.165) is 17.0 Å². The van der Waals surface area contributed by atoms with Crippen molar-refractivity contribution in [2.45, 2.75) is 18.8 Å². The summed E-state index contributed by atoms with van der Waals surface area (Å²) in [7, 11) is 0. The lowest BCUT2D eigenvalue weighted by molar-refractivity contribution is 0.204. The van der Waals surface area contributed by atoms with Gasteiger partial charge in [0.05, 0.1) is 6.61 Å². The first kappa shape index (κ1) is 13.1. The van der Waals surface area contributed by atoms with Gasteiger partial charge in [0.15, 0.2) is 0 Å². The van der Waals surface area contributed by atoms with Crippen LogP contribution in [-0.2, 0) is 11.8 Å². The molecule has 0 aliphatic rings. The Balaban J connectivity index is 2.26. The minimum absolute atomic E-state index is 0.125. The monoisotopic (exact) mass is 260 g/mol. The average molecular weight is 261 g/mol. The Kier molecular flexibility index (Phi) is 4.05. The molecule has 0 aliphatic carbocycles. The molecular formula is C16H17ClO. The first-order valence-corrected chi connectivity index (χ1v) is 6.43. The molecule has 0 radical (unpaired) electrons. The largest absolute Gasteiger partial charge is 0.395 e. The highest BCUT2D eigenvalue weighted by Crippen LogP contribution is 2.28. The van der Waals surface area contributed by atoms with Crippen molar-refractivity contribution in [1.29, 1.82) is 0 Å². The van der Waals surface area contributed by atoms with Crippen LogP contribution >= 0.6 is 11.6 Å². The zero-order chi connectivity index (χ0) is 13.0. The summed E-state index contributed by atoms with van der Waals surface area (Å²) in [6, 6.07) is 17.9. The Labute approximate surface area is 113 Å². The van der Waals surface area contributed by atoms with Crippen LogP contribution in [0.4, 0.5) is 0 Å². The topological polar surface area (TPSA) is 20.2 Å². The van der Waals surface area contributed by atoms with E-state index in [9.17, 15) is 5.11 Å². The van der Waals surface area contributed by atoms with Gasteiger partial charge in [-0.25, -0.2) is 0 Å². The van der Waals surface area contributed by atoms with Crippen molar-refractivity contribution in [3.63, 3.8) is 0 Å². The molecule has 0 heterocycles. The Hall–Kier alpha value is -1.31. The molecule has 0 amide bonds. The normalized spacial score (nSPS) is 14.2. The Bertz CT molecular complexity index is 492. The summed E-state index contributed by atoms with van der Waals surface area (Å²) in [5.41, 5.74) is 2.08. The molecule has 0 spiro atoms. The summed E-state index contributed by atoms with van der Waals surface area (Å²) >= 11 is 5.88. The highest BCUT2D eigenvalue weighted by molar-refractivity contribution is 6.30. The van der Waals surface area contributed by atoms with Crippen LogP contribution in [0.1, 0.15) is 18.1 Å². The lowest BCUT2D eigenvalue weighted by atomic mass is 9.78. The first-order valence-electron chi connectivity index (χ1n) is 6.05. The fraction of sp³-hybridized carbons (Fsp3) is 0.250. The predicted molar refractivity (Wildman–Crippen MR) is 76.0 cm³/mol. The molecule has 2 rings (SSSR count). The van der Waals surface area contributed by atoms with Crippen LogP contribution in [0.3, 0.4) is 0 Å². The van der Waals surface area contributed by atoms with Gasteiger partial charge in [0.1, 0.15) is 0 Å². The average Bonchev–Trinajstić information content (AvgIpc) is 2.42. The number of halogens is 1. The molecule has 1 nitrogen and oxygen atoms in total. The second-order valence-corrected chi connectivity index (χ2v) is 5.32. The number of rotatable bonds is 4. The second kappa shape index (κ2) is 5.55. The van der Waals surface area contributed by atoms with Crippen molar-refractivity contribution >= 4 is 11.6 Å². The van der Waals surface area contributed by atoms with Crippen LogP contribution in [0.5, 0.6) is 0 Å². The van der Waals surface area contributed by atoms with Crippen LogP contribution in [0, 0.1) is 0 Å². The molecule has 0 aromatic heterocycles. The van der Waals surface area contributed by atoms with Crippen molar-refractivity contribution in [2.75, 3.05) is 6.61 Å². The molecule has 0 fully saturated rings. The van der Waals surface area contributed by atoms with E-state index < -0.39 is 0 Å². The fourth-order valence-electron chi connectivity index (χ4n) is 2.14. The van der Waals surface area contributed by atoms with Crippen LogP contribution in [0.15, 0.2) is 54.6 Å². The van der Waals surface area contributed by atoms with Gasteiger partial charge in [-0.2, -0.15) is 0 Å². The highest BCUT2D eigenvalue weighted by Gasteiger charge is 2.25. The number of aliphatic hydroxyl groups excluding tert-OH is 1. The lowest BCUT2D eigenvalue weighted by Gasteiger charge is -2.28. The maximum absolute atomic E-state index is 9.73. The van der Waals surface area contributed by atoms with Gasteiger partial charge in [0.2, 0.25) is 0 Å². The zero-order valence-electron chi connectivity index (χ0n) is 10.4. The summed E-state index contributed by atoms with van der Waals surface area (Å²) in [6.07, 6.45) is 0.796. The van der Waals surface area contributed by atoms with Gasteiger partial charge in [0, 0.05) is 10.4 Å². The van der Waals surface area contributed by atoms with E-state index in [1.165, 1.54) is 5.56 Å². The van der Waals surface area contributed by atoms with Crippen molar-refractivity contribution in [2.24, 2.45) is 0 Å². The number of aliphatic hydroxyl groups is 1. The maximum Gasteiger partial charge on any atom is 0.0528 e. The molecule has 0 aliphatic heterocycles. The SMILES string of the molecule is CC(CO)(Cc1ccc(Cl)cc1)c1ccccc1. The quantitative estimate of drug-likeness (QED) is 0.886. The minimum Gasteiger partial charge on any atom is -0.395 e. The molecule has 2 aromatic rings. The lowest BCUT2D eigenvalue weighted by Crippen LogP contribution is -2.29. The van der Waals surface area contributed by atoms with E-state index in [0.29, 0.717) is 0 Å². The van der Waals surface area contributed by atoms with Crippen molar-refractivity contribution in [1.82, 2.24) is 0 Å². The van der Waals surface area contributed by atoms with Gasteiger partial charge >= 0.3 is 0 Å². The Morgan fingerprint density at radius 1 is 1.00 bits per heavy atom. The van der Waals surface area contributed by atoms with Gasteiger partial charge in [-0.05, 0) is 29.7 Å². The molecule has 0 saturated heterocycles. The van der Waals surface area contributed by atoms with Crippen molar-refractivity contribution in [3.8, 4) is 0 Å². The second-order valence-electron chi connectivity index (χ2n) is 4.89. The third kappa shape index (κ3) is 2.92. The van der Waals surface area contributed by atoms with Gasteiger partial charge in [0.25, 0.3) is 0 Å². The third-order valence-corrected chi connectivity index (χ3v) is 3.58. The van der Waals surface area contributed by atoms with Gasteiger partial charge < -0.3 is 5.11 Å². The molecule has 1 atom stereocenters. The summed E-state index contributed by atoms with van der Waals surface area (Å²) < 4.78 is 0. The summed E-state index contributed by atoms with van der Waals surface area (Å²) in [5.74, 6) is 0. The van der Waals surface area contributed by atoms with Gasteiger partial charge in [-0.15, -0.1) is 0 Å². The van der Waals surface area contributed by atoms with E-state index >= 15 is 0 Å². The number of hydrogen-bond donors (Lipinski definition) is 1. The first-order chi connectivity index (χ1) is 8.64. The highest BCUT2D eigenvalue weighted by atomic mass is 35.5. The molecule has 2 aromatic carbocycles. The number of benzene rings is 2. The van der Waals surface area contributed by atoms with E-state index in [2.05, 4.69) is 19.1 Å². The third-order valence-electron chi connectivity index (χ3n) is 3.33. The standard InChI is InChI=1S/C16H17ClO/c1-16(12-18,14-5-3-2-4-6-14)11-13-7-9-15(17)10-8-13/h2-10,18H,11-12H2,1H3. The van der Waals surface area contributed by atoms with E-state index in [1.54, 1.807) is 0 Å². The molecule has 1 unspecified atom stereocenters. The van der Waals surface area contributed by atoms with Crippen LogP contribution in [0.2, 0.25) is 5.02 Å². The minimum atomic E-state index is -0.255. The molecule has 94 valence electrons. The van der Waals surface area contributed by atoms with Crippen LogP contribution < -0.4 is 0 Å². The van der Waals surface area contributed by atoms with Crippen LogP contribution in [-0.4, -0.2) is 11.7 Å². The molecule has 1 N–H and O–H groups in total. The van der Waals surface area contributed by atoms with Crippen LogP contribution in [0.25, 0.3) is 0 Å². The summed E-state index contributed by atoms with van der Waals surface area (Å²) in [5, 5.41) is 10.5. The fourth-order valence-corrected chi connectivity index (χ4v) is 2.27. The predicted octanol–water partition coefficient (Wildman–Crippen LogP) is 3.83. The molecule has 0 bridgehead atoms. The van der Waals surface area contributed by atoms with E-state index in [-0.39, 0.29) is 12.0 Å². The molecule has 18 heavy (non-hydrogen) atoms. The molecule has 0 saturated carbocycles. The summed E-state index contributed by atoms with van der Waals surface area (Å²) in [4.78, 5) is 0. The molecule has 2 heteroatoms. The summed E-state index contributed by atoms with van der Waals surface area (Å²) in [6.45, 7) is 2.20. The molecular weight excluding hydrogens is 244 g/mol. The smallest absolute Gasteiger partial charge is 0.0528 e. The zero-order valence-corrected chi connectivity index (χ0v) is 11.2. The van der Waals surface area contributed by atoms with E-state index in [1.807, 2.05) is 42.5 Å². The van der Waals surface area contributed by atoms with Gasteiger partial charge in [-0.1, -0.05) is 61.0 Å². The maximum atomic E-state index is 9.73. The van der Waals surface area contributed by atoms with Crippen molar-refractivity contribution in [3.05, 3.63) is 70.7 Å². The Morgan fingerprint density at radius 2 is 1.61 bits per heavy atom. The van der Waals surface area contributed by atoms with Gasteiger partial charge in [-0.3, -0.25) is 0 Å². The Morgan fingerprint density at radius 3 is 2.17 bits per heavy atom. The number of hydrogen-bond acceptors (Lipinski definition) is 1.